The number of aromatic carboxylic acids is 1. The van der Waals surface area contributed by atoms with Crippen LogP contribution in [0.25, 0.3) is 22.9 Å². The molecule has 2 aromatic carbocycles. The standard InChI is InChI=1S/C19H12N2O2S/c20-11-16(10-13-6-8-15(9-7-13)19(22)23)18-21-17(12-24-18)14-4-2-1-3-5-14/h1-10,12H,(H,22,23)/b16-10-. The average molecular weight is 332 g/mol. The lowest BCUT2D eigenvalue weighted by Gasteiger charge is -1.98. The highest BCUT2D eigenvalue weighted by Gasteiger charge is 2.09. The minimum absolute atomic E-state index is 0.214. The summed E-state index contributed by atoms with van der Waals surface area (Å²) in [6.07, 6.45) is 1.71. The fraction of sp³-hybridized carbons (Fsp3) is 0. The Kier molecular flexibility index (Phi) is 4.50. The van der Waals surface area contributed by atoms with E-state index in [1.165, 1.54) is 23.5 Å². The monoisotopic (exact) mass is 332 g/mol. The molecular formula is C19H12N2O2S. The van der Waals surface area contributed by atoms with E-state index in [4.69, 9.17) is 5.11 Å². The Morgan fingerprint density at radius 3 is 2.46 bits per heavy atom. The van der Waals surface area contributed by atoms with Crippen LogP contribution in [-0.4, -0.2) is 16.1 Å². The number of nitriles is 1. The third-order valence-electron chi connectivity index (χ3n) is 3.39. The number of thiazole rings is 1. The van der Waals surface area contributed by atoms with Gasteiger partial charge in [-0.1, -0.05) is 42.5 Å². The highest BCUT2D eigenvalue weighted by atomic mass is 32.1. The molecule has 116 valence electrons. The Labute approximate surface area is 143 Å². The van der Waals surface area contributed by atoms with Gasteiger partial charge in [-0.15, -0.1) is 11.3 Å². The molecule has 0 aliphatic rings. The molecule has 0 amide bonds. The van der Waals surface area contributed by atoms with Gasteiger partial charge in [0.05, 0.1) is 16.8 Å². The van der Waals surface area contributed by atoms with Crippen LogP contribution in [0, 0.1) is 11.3 Å². The van der Waals surface area contributed by atoms with E-state index in [1.54, 1.807) is 18.2 Å². The lowest BCUT2D eigenvalue weighted by Crippen LogP contribution is -1.94. The summed E-state index contributed by atoms with van der Waals surface area (Å²) in [4.78, 5) is 15.4. The predicted octanol–water partition coefficient (Wildman–Crippen LogP) is 4.57. The molecule has 1 aromatic heterocycles. The van der Waals surface area contributed by atoms with Crippen molar-refractivity contribution in [3.63, 3.8) is 0 Å². The minimum Gasteiger partial charge on any atom is -0.478 e. The van der Waals surface area contributed by atoms with E-state index in [2.05, 4.69) is 11.1 Å². The molecule has 4 nitrogen and oxygen atoms in total. The zero-order valence-corrected chi connectivity index (χ0v) is 13.3. The van der Waals surface area contributed by atoms with Gasteiger partial charge in [-0.25, -0.2) is 9.78 Å². The van der Waals surface area contributed by atoms with Crippen LogP contribution in [-0.2, 0) is 0 Å². The van der Waals surface area contributed by atoms with Gasteiger partial charge in [0.25, 0.3) is 0 Å². The summed E-state index contributed by atoms with van der Waals surface area (Å²) in [5, 5.41) is 20.9. The van der Waals surface area contributed by atoms with Gasteiger partial charge >= 0.3 is 5.97 Å². The van der Waals surface area contributed by atoms with Gasteiger partial charge in [0.15, 0.2) is 0 Å². The van der Waals surface area contributed by atoms with Crippen LogP contribution in [0.5, 0.6) is 0 Å². The van der Waals surface area contributed by atoms with Gasteiger partial charge in [-0.3, -0.25) is 0 Å². The molecule has 0 radical (unpaired) electrons. The number of hydrogen-bond acceptors (Lipinski definition) is 4. The summed E-state index contributed by atoms with van der Waals surface area (Å²) < 4.78 is 0. The molecule has 0 fully saturated rings. The maximum absolute atomic E-state index is 10.9. The lowest BCUT2D eigenvalue weighted by molar-refractivity contribution is 0.0697. The van der Waals surface area contributed by atoms with Crippen LogP contribution < -0.4 is 0 Å². The first-order valence-corrected chi connectivity index (χ1v) is 8.02. The molecule has 1 heterocycles. The van der Waals surface area contributed by atoms with Crippen molar-refractivity contribution in [2.24, 2.45) is 0 Å². The van der Waals surface area contributed by atoms with Crippen LogP contribution in [0.2, 0.25) is 0 Å². The summed E-state index contributed by atoms with van der Waals surface area (Å²) in [5.41, 5.74) is 3.26. The number of rotatable bonds is 4. The number of carboxylic acid groups (broad SMARTS) is 1. The zero-order valence-electron chi connectivity index (χ0n) is 12.5. The second-order valence-electron chi connectivity index (χ2n) is 5.00. The number of carboxylic acids is 1. The van der Waals surface area contributed by atoms with Crippen molar-refractivity contribution in [2.45, 2.75) is 0 Å². The Balaban J connectivity index is 1.90. The first-order valence-electron chi connectivity index (χ1n) is 7.14. The maximum atomic E-state index is 10.9. The second-order valence-corrected chi connectivity index (χ2v) is 5.86. The van der Waals surface area contributed by atoms with Gasteiger partial charge < -0.3 is 5.11 Å². The molecular weight excluding hydrogens is 320 g/mol. The van der Waals surface area contributed by atoms with Crippen molar-refractivity contribution in [3.8, 4) is 17.3 Å². The lowest BCUT2D eigenvalue weighted by atomic mass is 10.1. The molecule has 3 rings (SSSR count). The summed E-state index contributed by atoms with van der Waals surface area (Å²) in [6.45, 7) is 0. The summed E-state index contributed by atoms with van der Waals surface area (Å²) in [5.74, 6) is -0.974. The smallest absolute Gasteiger partial charge is 0.335 e. The zero-order chi connectivity index (χ0) is 16.9. The fourth-order valence-corrected chi connectivity index (χ4v) is 2.96. The van der Waals surface area contributed by atoms with Gasteiger partial charge in [0.2, 0.25) is 0 Å². The first kappa shape index (κ1) is 15.7. The van der Waals surface area contributed by atoms with Crippen LogP contribution in [0.1, 0.15) is 20.9 Å². The number of carbonyl (C=O) groups is 1. The first-order chi connectivity index (χ1) is 11.7. The molecule has 0 saturated carbocycles. The van der Waals surface area contributed by atoms with E-state index in [0.717, 1.165) is 16.8 Å². The molecule has 0 spiro atoms. The molecule has 5 heteroatoms. The molecule has 0 aliphatic heterocycles. The van der Waals surface area contributed by atoms with Crippen LogP contribution in [0.4, 0.5) is 0 Å². The molecule has 0 aliphatic carbocycles. The fourth-order valence-electron chi connectivity index (χ4n) is 2.17. The predicted molar refractivity (Wildman–Crippen MR) is 94.4 cm³/mol. The molecule has 0 atom stereocenters. The van der Waals surface area contributed by atoms with Gasteiger partial charge in [-0.05, 0) is 23.8 Å². The van der Waals surface area contributed by atoms with Crippen molar-refractivity contribution < 1.29 is 9.90 Å². The Morgan fingerprint density at radius 1 is 1.12 bits per heavy atom. The van der Waals surface area contributed by atoms with Crippen molar-refractivity contribution >= 4 is 29.0 Å². The molecule has 1 N–H and O–H groups in total. The summed E-state index contributed by atoms with van der Waals surface area (Å²) >= 11 is 1.41. The maximum Gasteiger partial charge on any atom is 0.335 e. The SMILES string of the molecule is N#C/C(=C/c1ccc(C(=O)O)cc1)c1nc(-c2ccccc2)cs1. The topological polar surface area (TPSA) is 74.0 Å². The van der Waals surface area contributed by atoms with E-state index in [9.17, 15) is 10.1 Å². The van der Waals surface area contributed by atoms with Gasteiger partial charge in [-0.2, -0.15) is 5.26 Å². The number of hydrogen-bond donors (Lipinski definition) is 1. The average Bonchev–Trinajstić information content (AvgIpc) is 3.11. The van der Waals surface area contributed by atoms with Crippen molar-refractivity contribution in [1.82, 2.24) is 4.98 Å². The molecule has 0 saturated heterocycles. The molecule has 0 bridgehead atoms. The Hall–Kier alpha value is -3.23. The summed E-state index contributed by atoms with van der Waals surface area (Å²) in [6, 6.07) is 18.3. The largest absolute Gasteiger partial charge is 0.478 e. The Bertz CT molecular complexity index is 936. The van der Waals surface area contributed by atoms with Crippen LogP contribution in [0.15, 0.2) is 60.0 Å². The van der Waals surface area contributed by atoms with E-state index in [-0.39, 0.29) is 5.56 Å². The van der Waals surface area contributed by atoms with Crippen LogP contribution in [0.3, 0.4) is 0 Å². The van der Waals surface area contributed by atoms with Crippen molar-refractivity contribution in [1.29, 1.82) is 5.26 Å². The highest BCUT2D eigenvalue weighted by molar-refractivity contribution is 7.11. The van der Waals surface area contributed by atoms with Crippen molar-refractivity contribution in [2.75, 3.05) is 0 Å². The van der Waals surface area contributed by atoms with Gasteiger partial charge in [0.1, 0.15) is 11.1 Å². The quantitative estimate of drug-likeness (QED) is 0.710. The van der Waals surface area contributed by atoms with E-state index in [0.29, 0.717) is 10.6 Å². The third kappa shape index (κ3) is 3.40. The van der Waals surface area contributed by atoms with E-state index in [1.807, 2.05) is 35.7 Å². The summed E-state index contributed by atoms with van der Waals surface area (Å²) in [7, 11) is 0. The van der Waals surface area contributed by atoms with Crippen LogP contribution >= 0.6 is 11.3 Å². The minimum atomic E-state index is -0.974. The third-order valence-corrected chi connectivity index (χ3v) is 4.27. The normalized spacial score (nSPS) is 11.0. The second kappa shape index (κ2) is 6.90. The van der Waals surface area contributed by atoms with Gasteiger partial charge in [0, 0.05) is 10.9 Å². The molecule has 3 aromatic rings. The molecule has 0 unspecified atom stereocenters. The van der Waals surface area contributed by atoms with E-state index < -0.39 is 5.97 Å². The Morgan fingerprint density at radius 2 is 1.83 bits per heavy atom. The number of nitrogens with zero attached hydrogens (tertiary/aromatic N) is 2. The van der Waals surface area contributed by atoms with E-state index >= 15 is 0 Å². The number of aromatic nitrogens is 1. The number of allylic oxidation sites excluding steroid dienone is 1. The number of benzene rings is 2. The van der Waals surface area contributed by atoms with Crippen molar-refractivity contribution in [3.05, 3.63) is 76.1 Å². The highest BCUT2D eigenvalue weighted by Crippen LogP contribution is 2.27. The molecule has 24 heavy (non-hydrogen) atoms.